The Labute approximate surface area is 116 Å². The zero-order valence-electron chi connectivity index (χ0n) is 11.5. The Morgan fingerprint density at radius 2 is 1.90 bits per heavy atom. The van der Waals surface area contributed by atoms with Crippen LogP contribution in [-0.2, 0) is 16.1 Å². The molecule has 0 saturated carbocycles. The fourth-order valence-corrected chi connectivity index (χ4v) is 2.27. The number of carboxylic acids is 1. The number of hydrogen-bond donors (Lipinski definition) is 1. The molecular weight excluding hydrogens is 262 g/mol. The molecule has 2 rings (SSSR count). The summed E-state index contributed by atoms with van der Waals surface area (Å²) in [6, 6.07) is 0. The van der Waals surface area contributed by atoms with E-state index in [0.29, 0.717) is 19.4 Å². The zero-order valence-corrected chi connectivity index (χ0v) is 11.5. The highest BCUT2D eigenvalue weighted by atomic mass is 16.4. The van der Waals surface area contributed by atoms with Crippen molar-refractivity contribution in [2.24, 2.45) is 5.41 Å². The molecule has 0 unspecified atom stereocenters. The van der Waals surface area contributed by atoms with E-state index in [9.17, 15) is 14.4 Å². The van der Waals surface area contributed by atoms with Crippen molar-refractivity contribution in [2.45, 2.75) is 33.2 Å². The molecule has 0 radical (unpaired) electrons. The van der Waals surface area contributed by atoms with Crippen LogP contribution in [0.1, 0.15) is 37.2 Å². The molecule has 0 spiro atoms. The number of aromatic nitrogens is 2. The molecule has 1 saturated heterocycles. The van der Waals surface area contributed by atoms with Crippen molar-refractivity contribution in [3.63, 3.8) is 0 Å². The zero-order chi connectivity index (χ0) is 14.9. The standard InChI is InChI=1S/C13H17N3O4/c1-13(2)5-10(17)16(11(18)6-13)4-3-15-7-9(12(19)20)14-8-15/h7-8H,3-6H2,1-2H3,(H,19,20). The van der Waals surface area contributed by atoms with E-state index < -0.39 is 5.97 Å². The minimum atomic E-state index is -1.10. The smallest absolute Gasteiger partial charge is 0.356 e. The first-order valence-corrected chi connectivity index (χ1v) is 6.37. The number of aromatic carboxylic acids is 1. The maximum Gasteiger partial charge on any atom is 0.356 e. The van der Waals surface area contributed by atoms with Crippen LogP contribution in [0.5, 0.6) is 0 Å². The highest BCUT2D eigenvalue weighted by Crippen LogP contribution is 2.31. The molecule has 2 heterocycles. The first-order valence-electron chi connectivity index (χ1n) is 6.37. The molecule has 1 aromatic rings. The van der Waals surface area contributed by atoms with Crippen LogP contribution in [0.3, 0.4) is 0 Å². The van der Waals surface area contributed by atoms with E-state index in [0.717, 1.165) is 0 Å². The highest BCUT2D eigenvalue weighted by molar-refractivity contribution is 5.98. The van der Waals surface area contributed by atoms with E-state index in [1.165, 1.54) is 17.4 Å². The molecule has 108 valence electrons. The summed E-state index contributed by atoms with van der Waals surface area (Å²) in [7, 11) is 0. The topological polar surface area (TPSA) is 92.5 Å². The third-order valence-corrected chi connectivity index (χ3v) is 3.30. The summed E-state index contributed by atoms with van der Waals surface area (Å²) in [6.07, 6.45) is 3.46. The lowest BCUT2D eigenvalue weighted by Crippen LogP contribution is -2.47. The predicted octanol–water partition coefficient (Wildman–Crippen LogP) is 0.756. The molecule has 0 aliphatic carbocycles. The van der Waals surface area contributed by atoms with Crippen molar-refractivity contribution in [3.05, 3.63) is 18.2 Å². The van der Waals surface area contributed by atoms with Gasteiger partial charge < -0.3 is 9.67 Å². The maximum absolute atomic E-state index is 11.9. The van der Waals surface area contributed by atoms with Gasteiger partial charge in [-0.25, -0.2) is 9.78 Å². The lowest BCUT2D eigenvalue weighted by Gasteiger charge is -2.34. The number of carbonyl (C=O) groups is 3. The number of amides is 2. The highest BCUT2D eigenvalue weighted by Gasteiger charge is 2.36. The summed E-state index contributed by atoms with van der Waals surface area (Å²) in [5.74, 6) is -1.45. The van der Waals surface area contributed by atoms with Crippen molar-refractivity contribution in [1.29, 1.82) is 0 Å². The molecule has 1 aromatic heterocycles. The number of hydrogen-bond acceptors (Lipinski definition) is 4. The summed E-state index contributed by atoms with van der Waals surface area (Å²) in [5.41, 5.74) is -0.335. The predicted molar refractivity (Wildman–Crippen MR) is 68.9 cm³/mol. The Hall–Kier alpha value is -2.18. The first kappa shape index (κ1) is 14.2. The number of rotatable bonds is 4. The molecule has 1 aliphatic rings. The quantitative estimate of drug-likeness (QED) is 0.821. The van der Waals surface area contributed by atoms with Gasteiger partial charge in [0.1, 0.15) is 0 Å². The van der Waals surface area contributed by atoms with Crippen LogP contribution in [0.4, 0.5) is 0 Å². The Morgan fingerprint density at radius 3 is 2.40 bits per heavy atom. The van der Waals surface area contributed by atoms with Crippen LogP contribution in [0.2, 0.25) is 0 Å². The Bertz CT molecular complexity index is 542. The second-order valence-corrected chi connectivity index (χ2v) is 5.76. The van der Waals surface area contributed by atoms with Crippen molar-refractivity contribution in [2.75, 3.05) is 6.54 Å². The van der Waals surface area contributed by atoms with E-state index >= 15 is 0 Å². The van der Waals surface area contributed by atoms with Crippen LogP contribution in [0.15, 0.2) is 12.5 Å². The molecule has 2 amide bonds. The summed E-state index contributed by atoms with van der Waals surface area (Å²) in [4.78, 5) is 39.5. The maximum atomic E-state index is 11.9. The summed E-state index contributed by atoms with van der Waals surface area (Å²) in [5, 5.41) is 8.76. The van der Waals surface area contributed by atoms with Crippen molar-refractivity contribution in [1.82, 2.24) is 14.5 Å². The third kappa shape index (κ3) is 3.04. The minimum Gasteiger partial charge on any atom is -0.476 e. The number of piperidine rings is 1. The molecule has 1 N–H and O–H groups in total. The van der Waals surface area contributed by atoms with Gasteiger partial charge in [0.2, 0.25) is 11.8 Å². The van der Waals surface area contributed by atoms with E-state index in [4.69, 9.17) is 5.11 Å². The monoisotopic (exact) mass is 279 g/mol. The Morgan fingerprint density at radius 1 is 1.30 bits per heavy atom. The number of imidazole rings is 1. The van der Waals surface area contributed by atoms with Crippen molar-refractivity contribution >= 4 is 17.8 Å². The van der Waals surface area contributed by atoms with Gasteiger partial charge in [0.15, 0.2) is 5.69 Å². The normalized spacial score (nSPS) is 18.4. The van der Waals surface area contributed by atoms with Gasteiger partial charge in [-0.05, 0) is 5.41 Å². The van der Waals surface area contributed by atoms with Crippen LogP contribution in [0.25, 0.3) is 0 Å². The summed E-state index contributed by atoms with van der Waals surface area (Å²) < 4.78 is 1.56. The lowest BCUT2D eigenvalue weighted by molar-refractivity contribution is -0.152. The van der Waals surface area contributed by atoms with Gasteiger partial charge in [-0.2, -0.15) is 0 Å². The molecule has 0 aromatic carbocycles. The molecule has 1 aliphatic heterocycles. The van der Waals surface area contributed by atoms with Crippen molar-refractivity contribution < 1.29 is 19.5 Å². The van der Waals surface area contributed by atoms with Crippen LogP contribution >= 0.6 is 0 Å². The summed E-state index contributed by atoms with van der Waals surface area (Å²) in [6.45, 7) is 4.38. The fraction of sp³-hybridized carbons (Fsp3) is 0.538. The van der Waals surface area contributed by atoms with Crippen LogP contribution in [0, 0.1) is 5.41 Å². The Balaban J connectivity index is 1.98. The molecule has 7 heteroatoms. The minimum absolute atomic E-state index is 0.0533. The molecule has 0 atom stereocenters. The number of nitrogens with zero attached hydrogens (tertiary/aromatic N) is 3. The second-order valence-electron chi connectivity index (χ2n) is 5.76. The largest absolute Gasteiger partial charge is 0.476 e. The van der Waals surface area contributed by atoms with Gasteiger partial charge in [0.25, 0.3) is 0 Å². The molecule has 20 heavy (non-hydrogen) atoms. The van der Waals surface area contributed by atoms with E-state index in [2.05, 4.69) is 4.98 Å². The molecule has 1 fully saturated rings. The third-order valence-electron chi connectivity index (χ3n) is 3.30. The van der Waals surface area contributed by atoms with E-state index in [1.807, 2.05) is 13.8 Å². The number of carboxylic acid groups (broad SMARTS) is 1. The van der Waals surface area contributed by atoms with Crippen LogP contribution in [-0.4, -0.2) is 43.9 Å². The van der Waals surface area contributed by atoms with Gasteiger partial charge in [0, 0.05) is 32.1 Å². The molecular formula is C13H17N3O4. The van der Waals surface area contributed by atoms with Gasteiger partial charge in [0.05, 0.1) is 6.33 Å². The van der Waals surface area contributed by atoms with E-state index in [-0.39, 0.29) is 29.5 Å². The Kier molecular flexibility index (Phi) is 3.61. The average molecular weight is 279 g/mol. The number of carbonyl (C=O) groups excluding carboxylic acids is 2. The summed E-state index contributed by atoms with van der Waals surface area (Å²) >= 11 is 0. The van der Waals surface area contributed by atoms with Gasteiger partial charge in [-0.1, -0.05) is 13.8 Å². The van der Waals surface area contributed by atoms with Crippen LogP contribution < -0.4 is 0 Å². The SMILES string of the molecule is CC1(C)CC(=O)N(CCn2cnc(C(=O)O)c2)C(=O)C1. The number of imide groups is 1. The molecule has 0 bridgehead atoms. The second kappa shape index (κ2) is 5.07. The number of likely N-dealkylation sites (tertiary alicyclic amines) is 1. The fourth-order valence-electron chi connectivity index (χ4n) is 2.27. The van der Waals surface area contributed by atoms with Gasteiger partial charge >= 0.3 is 5.97 Å². The van der Waals surface area contributed by atoms with Crippen molar-refractivity contribution in [3.8, 4) is 0 Å². The van der Waals surface area contributed by atoms with Gasteiger partial charge in [-0.15, -0.1) is 0 Å². The first-order chi connectivity index (χ1) is 9.28. The average Bonchev–Trinajstić information content (AvgIpc) is 2.75. The molecule has 7 nitrogen and oxygen atoms in total. The lowest BCUT2D eigenvalue weighted by atomic mass is 9.82. The van der Waals surface area contributed by atoms with Gasteiger partial charge in [-0.3, -0.25) is 14.5 Å². The van der Waals surface area contributed by atoms with E-state index in [1.54, 1.807) is 4.57 Å².